The van der Waals surface area contributed by atoms with Crippen molar-refractivity contribution in [2.24, 2.45) is 0 Å². The van der Waals surface area contributed by atoms with Gasteiger partial charge in [-0.25, -0.2) is 16.8 Å². The quantitative estimate of drug-likeness (QED) is 0.0553. The number of unbranched alkanes of at least 4 members (excludes halogenated alkanes) is 18. The van der Waals surface area contributed by atoms with E-state index in [1.807, 2.05) is 0 Å². The predicted octanol–water partition coefficient (Wildman–Crippen LogP) is 8.97. The molecule has 0 radical (unpaired) electrons. The number of hydrogen-bond acceptors (Lipinski definition) is 6. The van der Waals surface area contributed by atoms with Crippen molar-refractivity contribution in [3.63, 3.8) is 0 Å². The summed E-state index contributed by atoms with van der Waals surface area (Å²) in [4.78, 5) is 0. The second-order valence-corrected chi connectivity index (χ2v) is 15.1. The molecular weight excluding hydrogens is 633 g/mol. The Morgan fingerprint density at radius 1 is 0.356 bits per heavy atom. The van der Waals surface area contributed by atoms with E-state index in [4.69, 9.17) is 0 Å². The molecule has 252 valence electrons. The van der Waals surface area contributed by atoms with Crippen LogP contribution in [0.5, 0.6) is 0 Å². The van der Waals surface area contributed by atoms with Crippen molar-refractivity contribution in [2.75, 3.05) is 11.5 Å². The molecule has 0 bridgehead atoms. The first-order valence-electron chi connectivity index (χ1n) is 17.1. The Kier molecular flexibility index (Phi) is 29.3. The molecule has 0 spiro atoms. The number of benzene rings is 2. The topological polar surface area (TPSA) is 114 Å². The van der Waals surface area contributed by atoms with Gasteiger partial charge in [0.25, 0.3) is 0 Å². The zero-order valence-corrected chi connectivity index (χ0v) is 31.6. The van der Waals surface area contributed by atoms with E-state index in [1.165, 1.54) is 101 Å². The zero-order valence-electron chi connectivity index (χ0n) is 27.7. The second-order valence-electron chi connectivity index (χ2n) is 12.1. The molecule has 0 aliphatic rings. The minimum Gasteiger partial charge on any atom is -0.748 e. The first-order chi connectivity index (χ1) is 21.2. The fourth-order valence-electron chi connectivity index (χ4n) is 5.33. The third-order valence-corrected chi connectivity index (χ3v) is 9.48. The van der Waals surface area contributed by atoms with Gasteiger partial charge in [0.2, 0.25) is 0 Å². The molecule has 0 aliphatic heterocycles. The maximum atomic E-state index is 10.4. The molecule has 0 aliphatic carbocycles. The number of rotatable bonds is 26. The molecule has 0 saturated heterocycles. The summed E-state index contributed by atoms with van der Waals surface area (Å²) in [5.41, 5.74) is 2.87. The first kappa shape index (κ1) is 44.5. The van der Waals surface area contributed by atoms with Crippen molar-refractivity contribution < 1.29 is 25.9 Å². The van der Waals surface area contributed by atoms with E-state index >= 15 is 0 Å². The first-order valence-corrected chi connectivity index (χ1v) is 20.3. The Bertz CT molecular complexity index is 1040. The van der Waals surface area contributed by atoms with Crippen molar-refractivity contribution >= 4 is 58.0 Å². The minimum atomic E-state index is -4.00. The fourth-order valence-corrected chi connectivity index (χ4v) is 6.45. The van der Waals surface area contributed by atoms with Crippen LogP contribution >= 0.6 is 0 Å². The zero-order chi connectivity index (χ0) is 32.2. The van der Waals surface area contributed by atoms with Crippen molar-refractivity contribution in [1.82, 2.24) is 0 Å². The van der Waals surface area contributed by atoms with Crippen LogP contribution in [0.3, 0.4) is 0 Å². The van der Waals surface area contributed by atoms with Gasteiger partial charge in [-0.05, 0) is 49.7 Å². The van der Waals surface area contributed by atoms with Crippen LogP contribution in [0.25, 0.3) is 0 Å². The van der Waals surface area contributed by atoms with Crippen LogP contribution in [0.1, 0.15) is 140 Å². The van der Waals surface area contributed by atoms with Gasteiger partial charge in [-0.3, -0.25) is 0 Å². The summed E-state index contributed by atoms with van der Waals surface area (Å²) in [5.74, 6) is -0.400. The van der Waals surface area contributed by atoms with Gasteiger partial charge in [0.1, 0.15) is 0 Å². The summed E-state index contributed by atoms with van der Waals surface area (Å²) in [6.45, 7) is 0. The van der Waals surface area contributed by atoms with Crippen LogP contribution in [-0.2, 0) is 33.1 Å². The molecule has 45 heavy (non-hydrogen) atoms. The number of aryl methyl sites for hydroxylation is 2. The molecule has 0 atom stereocenters. The van der Waals surface area contributed by atoms with Crippen LogP contribution < -0.4 is 0 Å². The average Bonchev–Trinajstić information content (AvgIpc) is 2.98. The molecule has 2 rings (SSSR count). The van der Waals surface area contributed by atoms with Crippen LogP contribution in [0.2, 0.25) is 0 Å². The Balaban J connectivity index is 0.000000842. The van der Waals surface area contributed by atoms with E-state index in [0.717, 1.165) is 38.5 Å². The summed E-state index contributed by atoms with van der Waals surface area (Å²) in [6.07, 6.45) is 24.9. The van der Waals surface area contributed by atoms with Crippen LogP contribution in [0.15, 0.2) is 60.7 Å². The third-order valence-electron chi connectivity index (χ3n) is 7.91. The standard InChI is InChI=1S/2C18H30O3S.Ca/c2*19-22(20,21)17-13-8-6-4-2-1-3-5-7-10-14-18-15-11-9-12-16-18;/h2*9,11-12,15-16H,1-8,10,13-14,17H2,(H,19,20,21);/q;;+2/p-2. The van der Waals surface area contributed by atoms with E-state index in [-0.39, 0.29) is 49.2 Å². The van der Waals surface area contributed by atoms with Crippen LogP contribution in [-0.4, -0.2) is 75.2 Å². The van der Waals surface area contributed by atoms with Gasteiger partial charge in [-0.2, -0.15) is 0 Å². The van der Waals surface area contributed by atoms with Gasteiger partial charge in [-0.15, -0.1) is 0 Å². The monoisotopic (exact) mass is 690 g/mol. The molecule has 0 heterocycles. The van der Waals surface area contributed by atoms with Crippen LogP contribution in [0.4, 0.5) is 0 Å². The molecule has 6 nitrogen and oxygen atoms in total. The molecule has 0 saturated carbocycles. The minimum absolute atomic E-state index is 0. The smallest absolute Gasteiger partial charge is 0.748 e. The van der Waals surface area contributed by atoms with Crippen molar-refractivity contribution in [3.05, 3.63) is 71.8 Å². The van der Waals surface area contributed by atoms with E-state index in [1.54, 1.807) is 0 Å². The molecule has 2 aromatic carbocycles. The molecule has 2 aromatic rings. The van der Waals surface area contributed by atoms with Gasteiger partial charge in [0.15, 0.2) is 0 Å². The molecule has 0 N–H and O–H groups in total. The molecule has 0 fully saturated rings. The van der Waals surface area contributed by atoms with Crippen molar-refractivity contribution in [3.8, 4) is 0 Å². The molecule has 0 aromatic heterocycles. The predicted molar refractivity (Wildman–Crippen MR) is 188 cm³/mol. The summed E-state index contributed by atoms with van der Waals surface area (Å²) in [5, 5.41) is 0. The average molecular weight is 691 g/mol. The summed E-state index contributed by atoms with van der Waals surface area (Å²) < 4.78 is 62.6. The van der Waals surface area contributed by atoms with E-state index in [9.17, 15) is 25.9 Å². The third kappa shape index (κ3) is 33.2. The van der Waals surface area contributed by atoms with E-state index < -0.39 is 20.2 Å². The summed E-state index contributed by atoms with van der Waals surface area (Å²) in [6, 6.07) is 21.3. The molecule has 0 amide bonds. The SMILES string of the molecule is O=S(=O)([O-])CCCCCCCCCCCCc1ccccc1.O=S(=O)([O-])CCCCCCCCCCCCc1ccccc1.[Ca+2]. The fraction of sp³-hybridized carbons (Fsp3) is 0.667. The van der Waals surface area contributed by atoms with Crippen molar-refractivity contribution in [2.45, 2.75) is 141 Å². The van der Waals surface area contributed by atoms with Gasteiger partial charge >= 0.3 is 37.7 Å². The summed E-state index contributed by atoms with van der Waals surface area (Å²) in [7, 11) is -8.01. The molecular formula is C36H58CaO6S2. The van der Waals surface area contributed by atoms with Gasteiger partial charge in [0.05, 0.1) is 20.2 Å². The van der Waals surface area contributed by atoms with Gasteiger partial charge in [0, 0.05) is 11.5 Å². The number of hydrogen-bond donors (Lipinski definition) is 0. The Hall–Kier alpha value is -0.480. The van der Waals surface area contributed by atoms with Crippen molar-refractivity contribution in [1.29, 1.82) is 0 Å². The molecule has 9 heteroatoms. The van der Waals surface area contributed by atoms with E-state index in [2.05, 4.69) is 60.7 Å². The molecule has 0 unspecified atom stereocenters. The normalized spacial score (nSPS) is 11.4. The Labute approximate surface area is 306 Å². The maximum Gasteiger partial charge on any atom is 2.00 e. The second kappa shape index (κ2) is 29.6. The Morgan fingerprint density at radius 3 is 0.822 bits per heavy atom. The summed E-state index contributed by atoms with van der Waals surface area (Å²) >= 11 is 0. The van der Waals surface area contributed by atoms with E-state index in [0.29, 0.717) is 12.8 Å². The Morgan fingerprint density at radius 2 is 0.578 bits per heavy atom. The largest absolute Gasteiger partial charge is 2.00 e. The van der Waals surface area contributed by atoms with Gasteiger partial charge < -0.3 is 9.11 Å². The van der Waals surface area contributed by atoms with Gasteiger partial charge in [-0.1, -0.05) is 163 Å². The maximum absolute atomic E-state index is 10.4. The van der Waals surface area contributed by atoms with Crippen LogP contribution in [0, 0.1) is 0 Å².